The summed E-state index contributed by atoms with van der Waals surface area (Å²) >= 11 is 0. The van der Waals surface area contributed by atoms with Crippen LogP contribution >= 0.6 is 0 Å². The van der Waals surface area contributed by atoms with Gasteiger partial charge in [0.25, 0.3) is 5.91 Å². The van der Waals surface area contributed by atoms with E-state index in [1.165, 1.54) is 12.1 Å². The van der Waals surface area contributed by atoms with Crippen LogP contribution in [0, 0.1) is 12.7 Å². The molecule has 30 heavy (non-hydrogen) atoms. The molecule has 5 heteroatoms. The van der Waals surface area contributed by atoms with Crippen molar-refractivity contribution in [3.05, 3.63) is 107 Å². The van der Waals surface area contributed by atoms with E-state index in [0.717, 1.165) is 22.3 Å². The Balaban J connectivity index is 1.79. The highest BCUT2D eigenvalue weighted by Crippen LogP contribution is 2.43. The van der Waals surface area contributed by atoms with Gasteiger partial charge in [0.15, 0.2) is 5.76 Å². The zero-order chi connectivity index (χ0) is 21.3. The Bertz CT molecular complexity index is 1100. The molecule has 0 aliphatic carbocycles. The molecule has 0 saturated carbocycles. The van der Waals surface area contributed by atoms with Gasteiger partial charge in [0.1, 0.15) is 11.6 Å². The summed E-state index contributed by atoms with van der Waals surface area (Å²) in [6.45, 7) is 2.25. The van der Waals surface area contributed by atoms with Gasteiger partial charge in [0, 0.05) is 12.1 Å². The summed E-state index contributed by atoms with van der Waals surface area (Å²) in [5.41, 5.74) is 3.96. The molecule has 1 N–H and O–H groups in total. The molecular weight excluding hydrogens is 381 g/mol. The molecule has 4 rings (SSSR count). The molecule has 0 saturated heterocycles. The lowest BCUT2D eigenvalue weighted by atomic mass is 9.93. The van der Waals surface area contributed by atoms with Crippen LogP contribution in [0.5, 0.6) is 5.75 Å². The topological polar surface area (TPSA) is 49.8 Å². The first-order valence-corrected chi connectivity index (χ1v) is 9.67. The SMILES string of the molecule is COc1cccc(CN2C(=O)C(O)=C(c3ccc(C)cc3)C2c2ccc(F)cc2)c1. The monoisotopic (exact) mass is 403 g/mol. The first-order valence-electron chi connectivity index (χ1n) is 9.67. The van der Waals surface area contributed by atoms with E-state index in [0.29, 0.717) is 11.3 Å². The molecule has 1 aliphatic rings. The predicted octanol–water partition coefficient (Wildman–Crippen LogP) is 5.20. The van der Waals surface area contributed by atoms with Gasteiger partial charge in [-0.3, -0.25) is 4.79 Å². The number of benzene rings is 3. The van der Waals surface area contributed by atoms with Gasteiger partial charge in [-0.1, -0.05) is 54.1 Å². The Morgan fingerprint density at radius 1 is 1.03 bits per heavy atom. The third kappa shape index (κ3) is 3.66. The van der Waals surface area contributed by atoms with E-state index in [4.69, 9.17) is 4.74 Å². The number of hydrogen-bond donors (Lipinski definition) is 1. The van der Waals surface area contributed by atoms with Gasteiger partial charge in [-0.25, -0.2) is 4.39 Å². The van der Waals surface area contributed by atoms with Crippen LogP contribution in [0.25, 0.3) is 5.57 Å². The van der Waals surface area contributed by atoms with Crippen molar-refractivity contribution in [3.8, 4) is 5.75 Å². The van der Waals surface area contributed by atoms with Crippen molar-refractivity contribution < 1.29 is 19.0 Å². The molecule has 1 amide bonds. The number of aryl methyl sites for hydroxylation is 1. The van der Waals surface area contributed by atoms with Gasteiger partial charge in [0.05, 0.1) is 13.2 Å². The lowest BCUT2D eigenvalue weighted by molar-refractivity contribution is -0.130. The van der Waals surface area contributed by atoms with E-state index in [9.17, 15) is 14.3 Å². The second kappa shape index (κ2) is 8.03. The van der Waals surface area contributed by atoms with Crippen LogP contribution in [0.15, 0.2) is 78.6 Å². The van der Waals surface area contributed by atoms with Gasteiger partial charge < -0.3 is 14.7 Å². The predicted molar refractivity (Wildman–Crippen MR) is 113 cm³/mol. The molecule has 1 atom stereocenters. The Hall–Kier alpha value is -3.60. The van der Waals surface area contributed by atoms with E-state index >= 15 is 0 Å². The fourth-order valence-electron chi connectivity index (χ4n) is 3.80. The number of amides is 1. The van der Waals surface area contributed by atoms with Crippen molar-refractivity contribution in [3.63, 3.8) is 0 Å². The maximum absolute atomic E-state index is 13.6. The zero-order valence-electron chi connectivity index (χ0n) is 16.8. The fourth-order valence-corrected chi connectivity index (χ4v) is 3.80. The maximum Gasteiger partial charge on any atom is 0.290 e. The Kier molecular flexibility index (Phi) is 5.27. The number of hydrogen-bond acceptors (Lipinski definition) is 3. The van der Waals surface area contributed by atoms with E-state index in [2.05, 4.69) is 0 Å². The standard InChI is InChI=1S/C25H22FNO3/c1-16-6-8-18(9-7-16)22-23(19-10-12-20(26)13-11-19)27(25(29)24(22)28)15-17-4-3-5-21(14-17)30-2/h3-14,23,28H,15H2,1-2H3. The van der Waals surface area contributed by atoms with E-state index in [-0.39, 0.29) is 18.1 Å². The third-order valence-electron chi connectivity index (χ3n) is 5.34. The van der Waals surface area contributed by atoms with Crippen LogP contribution in [0.2, 0.25) is 0 Å². The van der Waals surface area contributed by atoms with Gasteiger partial charge >= 0.3 is 0 Å². The lowest BCUT2D eigenvalue weighted by Gasteiger charge is -2.27. The molecule has 1 heterocycles. The minimum atomic E-state index is -0.535. The number of carbonyl (C=O) groups is 1. The number of ether oxygens (including phenoxy) is 1. The first-order chi connectivity index (χ1) is 14.5. The van der Waals surface area contributed by atoms with Crippen molar-refractivity contribution in [2.24, 2.45) is 0 Å². The number of aliphatic hydroxyl groups is 1. The normalized spacial score (nSPS) is 16.3. The average molecular weight is 403 g/mol. The molecule has 0 spiro atoms. The summed E-state index contributed by atoms with van der Waals surface area (Å²) in [6.07, 6.45) is 0. The van der Waals surface area contributed by atoms with Crippen LogP contribution in [0.3, 0.4) is 0 Å². The van der Waals surface area contributed by atoms with Crippen LogP contribution in [0.1, 0.15) is 28.3 Å². The van der Waals surface area contributed by atoms with E-state index < -0.39 is 11.9 Å². The molecule has 0 radical (unpaired) electrons. The highest BCUT2D eigenvalue weighted by molar-refractivity contribution is 6.05. The summed E-state index contributed by atoms with van der Waals surface area (Å²) in [5, 5.41) is 10.8. The summed E-state index contributed by atoms with van der Waals surface area (Å²) in [4.78, 5) is 14.7. The molecule has 0 aromatic heterocycles. The maximum atomic E-state index is 13.6. The smallest absolute Gasteiger partial charge is 0.290 e. The largest absolute Gasteiger partial charge is 0.503 e. The number of rotatable bonds is 5. The Morgan fingerprint density at radius 3 is 2.40 bits per heavy atom. The van der Waals surface area contributed by atoms with Crippen LogP contribution < -0.4 is 4.74 Å². The molecule has 3 aromatic carbocycles. The second-order valence-electron chi connectivity index (χ2n) is 7.37. The molecule has 1 aliphatic heterocycles. The van der Waals surface area contributed by atoms with Crippen molar-refractivity contribution in [2.45, 2.75) is 19.5 Å². The van der Waals surface area contributed by atoms with Crippen molar-refractivity contribution in [1.29, 1.82) is 0 Å². The number of carbonyl (C=O) groups excluding carboxylic acids is 1. The highest BCUT2D eigenvalue weighted by Gasteiger charge is 2.41. The minimum Gasteiger partial charge on any atom is -0.503 e. The first kappa shape index (κ1) is 19.7. The minimum absolute atomic E-state index is 0.275. The summed E-state index contributed by atoms with van der Waals surface area (Å²) in [7, 11) is 1.59. The van der Waals surface area contributed by atoms with E-state index in [1.807, 2.05) is 55.5 Å². The highest BCUT2D eigenvalue weighted by atomic mass is 19.1. The van der Waals surface area contributed by atoms with E-state index in [1.54, 1.807) is 24.1 Å². The summed E-state index contributed by atoms with van der Waals surface area (Å²) < 4.78 is 18.9. The van der Waals surface area contributed by atoms with Crippen molar-refractivity contribution in [1.82, 2.24) is 4.90 Å². The molecule has 152 valence electrons. The average Bonchev–Trinajstić information content (AvgIpc) is 3.00. The lowest BCUT2D eigenvalue weighted by Crippen LogP contribution is -2.29. The zero-order valence-corrected chi connectivity index (χ0v) is 16.8. The van der Waals surface area contributed by atoms with Gasteiger partial charge in [0.2, 0.25) is 0 Å². The van der Waals surface area contributed by atoms with Crippen molar-refractivity contribution >= 4 is 11.5 Å². The quantitative estimate of drug-likeness (QED) is 0.637. The Labute approximate surface area is 174 Å². The van der Waals surface area contributed by atoms with Crippen LogP contribution in [-0.2, 0) is 11.3 Å². The van der Waals surface area contributed by atoms with Gasteiger partial charge in [-0.05, 0) is 47.9 Å². The summed E-state index contributed by atoms with van der Waals surface area (Å²) in [6, 6.07) is 20.6. The van der Waals surface area contributed by atoms with Gasteiger partial charge in [-0.15, -0.1) is 0 Å². The number of nitrogens with zero attached hydrogens (tertiary/aromatic N) is 1. The number of aliphatic hydroxyl groups excluding tert-OH is 1. The van der Waals surface area contributed by atoms with Crippen LogP contribution in [0.4, 0.5) is 4.39 Å². The molecule has 0 bridgehead atoms. The van der Waals surface area contributed by atoms with Crippen molar-refractivity contribution in [2.75, 3.05) is 7.11 Å². The number of halogens is 1. The molecular formula is C25H22FNO3. The summed E-state index contributed by atoms with van der Waals surface area (Å²) in [5.74, 6) is -0.403. The number of methoxy groups -OCH3 is 1. The van der Waals surface area contributed by atoms with Crippen LogP contribution in [-0.4, -0.2) is 23.0 Å². The third-order valence-corrected chi connectivity index (χ3v) is 5.34. The molecule has 1 unspecified atom stereocenters. The Morgan fingerprint density at radius 2 is 1.73 bits per heavy atom. The van der Waals surface area contributed by atoms with Gasteiger partial charge in [-0.2, -0.15) is 0 Å². The molecule has 0 fully saturated rings. The molecule has 3 aromatic rings. The second-order valence-corrected chi connectivity index (χ2v) is 7.37. The fraction of sp³-hybridized carbons (Fsp3) is 0.160. The molecule has 4 nitrogen and oxygen atoms in total.